The van der Waals surface area contributed by atoms with E-state index in [9.17, 15) is 0 Å². The molecular weight excluding hydrogens is 238 g/mol. The van der Waals surface area contributed by atoms with Crippen molar-refractivity contribution in [3.05, 3.63) is 39.7 Å². The van der Waals surface area contributed by atoms with E-state index < -0.39 is 0 Å². The molecule has 1 aromatic heterocycles. The lowest BCUT2D eigenvalue weighted by molar-refractivity contribution is 0.645. The second-order valence-electron chi connectivity index (χ2n) is 4.20. The van der Waals surface area contributed by atoms with Gasteiger partial charge in [0.25, 0.3) is 0 Å². The zero-order valence-electron chi connectivity index (χ0n) is 9.40. The Morgan fingerprint density at radius 2 is 2.06 bits per heavy atom. The van der Waals surface area contributed by atoms with E-state index in [2.05, 4.69) is 24.2 Å². The third kappa shape index (κ3) is 2.63. The molecule has 0 N–H and O–H groups in total. The number of hydrogen-bond acceptors (Lipinski definition) is 2. The first-order chi connectivity index (χ1) is 7.66. The summed E-state index contributed by atoms with van der Waals surface area (Å²) < 4.78 is 0. The second-order valence-corrected chi connectivity index (χ2v) is 5.55. The minimum absolute atomic E-state index is 0.644. The molecule has 0 aliphatic heterocycles. The van der Waals surface area contributed by atoms with Crippen LogP contribution in [-0.2, 0) is 6.42 Å². The van der Waals surface area contributed by atoms with Gasteiger partial charge in [-0.05, 0) is 12.0 Å². The van der Waals surface area contributed by atoms with E-state index in [1.165, 1.54) is 5.01 Å². The zero-order valence-corrected chi connectivity index (χ0v) is 11.0. The van der Waals surface area contributed by atoms with E-state index >= 15 is 0 Å². The maximum atomic E-state index is 6.14. The summed E-state index contributed by atoms with van der Waals surface area (Å²) in [5, 5.41) is 4.03. The van der Waals surface area contributed by atoms with Crippen LogP contribution in [0.1, 0.15) is 18.9 Å². The normalized spacial score (nSPS) is 11.0. The molecule has 1 heterocycles. The number of thiazole rings is 1. The average molecular weight is 252 g/mol. The summed E-state index contributed by atoms with van der Waals surface area (Å²) in [6, 6.07) is 7.84. The van der Waals surface area contributed by atoms with E-state index in [1.807, 2.05) is 24.3 Å². The third-order valence-corrected chi connectivity index (χ3v) is 3.49. The van der Waals surface area contributed by atoms with Crippen molar-refractivity contribution < 1.29 is 0 Å². The summed E-state index contributed by atoms with van der Waals surface area (Å²) in [6.45, 7) is 4.41. The molecule has 2 aromatic rings. The summed E-state index contributed by atoms with van der Waals surface area (Å²) in [6.07, 6.45) is 1.04. The quantitative estimate of drug-likeness (QED) is 0.773. The van der Waals surface area contributed by atoms with Gasteiger partial charge in [-0.3, -0.25) is 0 Å². The highest BCUT2D eigenvalue weighted by atomic mass is 35.5. The summed E-state index contributed by atoms with van der Waals surface area (Å²) in [4.78, 5) is 4.62. The Morgan fingerprint density at radius 1 is 1.31 bits per heavy atom. The van der Waals surface area contributed by atoms with Crippen LogP contribution < -0.4 is 0 Å². The molecule has 1 aromatic carbocycles. The van der Waals surface area contributed by atoms with Gasteiger partial charge in [-0.2, -0.15) is 0 Å². The van der Waals surface area contributed by atoms with Gasteiger partial charge in [-0.1, -0.05) is 43.6 Å². The predicted octanol–water partition coefficient (Wildman–Crippen LogP) is 4.66. The summed E-state index contributed by atoms with van der Waals surface area (Å²) >= 11 is 7.85. The number of hydrogen-bond donors (Lipinski definition) is 0. The SMILES string of the molecule is CC(C)Cc1nc(-c2ccccc2Cl)cs1. The van der Waals surface area contributed by atoms with E-state index in [0.717, 1.165) is 22.7 Å². The van der Waals surface area contributed by atoms with Gasteiger partial charge in [0.15, 0.2) is 0 Å². The minimum atomic E-state index is 0.644. The minimum Gasteiger partial charge on any atom is -0.241 e. The molecule has 0 bridgehead atoms. The molecule has 2 rings (SSSR count). The molecular formula is C13H14ClNS. The van der Waals surface area contributed by atoms with Gasteiger partial charge in [-0.15, -0.1) is 11.3 Å². The van der Waals surface area contributed by atoms with Gasteiger partial charge >= 0.3 is 0 Å². The lowest BCUT2D eigenvalue weighted by Gasteiger charge is -2.00. The molecule has 0 radical (unpaired) electrons. The average Bonchev–Trinajstić information content (AvgIpc) is 2.66. The predicted molar refractivity (Wildman–Crippen MR) is 71.1 cm³/mol. The van der Waals surface area contributed by atoms with Crippen molar-refractivity contribution in [3.63, 3.8) is 0 Å². The van der Waals surface area contributed by atoms with Crippen molar-refractivity contribution in [1.29, 1.82) is 0 Å². The van der Waals surface area contributed by atoms with E-state index in [-0.39, 0.29) is 0 Å². The molecule has 16 heavy (non-hydrogen) atoms. The molecule has 84 valence electrons. The molecule has 1 nitrogen and oxygen atoms in total. The Labute approximate surface area is 105 Å². The summed E-state index contributed by atoms with van der Waals surface area (Å²) in [5.41, 5.74) is 2.02. The van der Waals surface area contributed by atoms with Gasteiger partial charge in [0, 0.05) is 22.4 Å². The number of rotatable bonds is 3. The van der Waals surface area contributed by atoms with Crippen molar-refractivity contribution in [3.8, 4) is 11.3 Å². The van der Waals surface area contributed by atoms with Crippen LogP contribution in [0.5, 0.6) is 0 Å². The van der Waals surface area contributed by atoms with Crippen molar-refractivity contribution in [1.82, 2.24) is 4.98 Å². The molecule has 0 aliphatic carbocycles. The monoisotopic (exact) mass is 251 g/mol. The molecule has 0 saturated heterocycles. The summed E-state index contributed by atoms with van der Waals surface area (Å²) in [5.74, 6) is 0.644. The largest absolute Gasteiger partial charge is 0.241 e. The van der Waals surface area contributed by atoms with E-state index in [1.54, 1.807) is 11.3 Å². The van der Waals surface area contributed by atoms with Crippen molar-refractivity contribution >= 4 is 22.9 Å². The van der Waals surface area contributed by atoms with Crippen LogP contribution in [-0.4, -0.2) is 4.98 Å². The van der Waals surface area contributed by atoms with Crippen molar-refractivity contribution in [2.75, 3.05) is 0 Å². The molecule has 0 fully saturated rings. The third-order valence-electron chi connectivity index (χ3n) is 2.28. The molecule has 0 aliphatic rings. The smallest absolute Gasteiger partial charge is 0.0935 e. The van der Waals surface area contributed by atoms with Gasteiger partial charge in [-0.25, -0.2) is 4.98 Å². The first kappa shape index (κ1) is 11.6. The van der Waals surface area contributed by atoms with Crippen LogP contribution in [0.4, 0.5) is 0 Å². The number of benzene rings is 1. The lowest BCUT2D eigenvalue weighted by Crippen LogP contribution is -1.92. The second kappa shape index (κ2) is 4.98. The maximum absolute atomic E-state index is 6.14. The van der Waals surface area contributed by atoms with Crippen LogP contribution >= 0.6 is 22.9 Å². The van der Waals surface area contributed by atoms with Crippen molar-refractivity contribution in [2.24, 2.45) is 5.92 Å². The standard InChI is InChI=1S/C13H14ClNS/c1-9(2)7-13-15-12(8-16-13)10-5-3-4-6-11(10)14/h3-6,8-9H,7H2,1-2H3. The van der Waals surface area contributed by atoms with E-state index in [0.29, 0.717) is 5.92 Å². The topological polar surface area (TPSA) is 12.9 Å². The fourth-order valence-corrected chi connectivity index (χ4v) is 2.79. The number of nitrogens with zero attached hydrogens (tertiary/aromatic N) is 1. The first-order valence-electron chi connectivity index (χ1n) is 5.36. The summed E-state index contributed by atoms with van der Waals surface area (Å²) in [7, 11) is 0. The number of aromatic nitrogens is 1. The van der Waals surface area contributed by atoms with Gasteiger partial charge in [0.1, 0.15) is 0 Å². The van der Waals surface area contributed by atoms with Crippen LogP contribution in [0.3, 0.4) is 0 Å². The molecule has 3 heteroatoms. The molecule has 0 spiro atoms. The highest BCUT2D eigenvalue weighted by Gasteiger charge is 2.08. The number of halogens is 1. The Morgan fingerprint density at radius 3 is 2.75 bits per heavy atom. The van der Waals surface area contributed by atoms with Crippen LogP contribution in [0.2, 0.25) is 5.02 Å². The van der Waals surface area contributed by atoms with Crippen LogP contribution in [0.15, 0.2) is 29.6 Å². The van der Waals surface area contributed by atoms with Crippen LogP contribution in [0, 0.1) is 5.92 Å². The molecule has 0 unspecified atom stereocenters. The van der Waals surface area contributed by atoms with Gasteiger partial charge < -0.3 is 0 Å². The zero-order chi connectivity index (χ0) is 11.5. The fraction of sp³-hybridized carbons (Fsp3) is 0.308. The van der Waals surface area contributed by atoms with Gasteiger partial charge in [0.05, 0.1) is 10.7 Å². The highest BCUT2D eigenvalue weighted by molar-refractivity contribution is 7.09. The Balaban J connectivity index is 2.28. The fourth-order valence-electron chi connectivity index (χ4n) is 1.55. The Kier molecular flexibility index (Phi) is 3.62. The van der Waals surface area contributed by atoms with E-state index in [4.69, 9.17) is 11.6 Å². The maximum Gasteiger partial charge on any atom is 0.0935 e. The molecule has 0 amide bonds. The molecule has 0 saturated carbocycles. The van der Waals surface area contributed by atoms with Gasteiger partial charge in [0.2, 0.25) is 0 Å². The van der Waals surface area contributed by atoms with Crippen LogP contribution in [0.25, 0.3) is 11.3 Å². The first-order valence-corrected chi connectivity index (χ1v) is 6.62. The molecule has 0 atom stereocenters. The highest BCUT2D eigenvalue weighted by Crippen LogP contribution is 2.29. The van der Waals surface area contributed by atoms with Crippen molar-refractivity contribution in [2.45, 2.75) is 20.3 Å². The lowest BCUT2D eigenvalue weighted by atomic mass is 10.1. The Hall–Kier alpha value is -0.860. The Bertz CT molecular complexity index is 476.